The standard InChI is InChI=1S/C18H29N3O3/c1-13(20-8-10-23-12-14(20)2)11-19-18(22)21(16-6-7-16)15(3)17-5-4-9-24-17/h4-5,9,13-16H,6-8,10-12H2,1-3H3,(H,19,22)/t13-,14+,15-/m1/s1. The van der Waals surface area contributed by atoms with Crippen LogP contribution in [-0.2, 0) is 4.74 Å². The Morgan fingerprint density at radius 2 is 2.25 bits per heavy atom. The lowest BCUT2D eigenvalue weighted by atomic mass is 10.2. The number of rotatable bonds is 6. The molecule has 1 aliphatic carbocycles. The Kier molecular flexibility index (Phi) is 5.46. The second-order valence-corrected chi connectivity index (χ2v) is 7.03. The van der Waals surface area contributed by atoms with Crippen LogP contribution in [0.2, 0.25) is 0 Å². The van der Waals surface area contributed by atoms with E-state index in [1.54, 1.807) is 6.26 Å². The van der Waals surface area contributed by atoms with Crippen molar-refractivity contribution >= 4 is 6.03 Å². The zero-order chi connectivity index (χ0) is 17.1. The summed E-state index contributed by atoms with van der Waals surface area (Å²) in [5, 5.41) is 3.13. The van der Waals surface area contributed by atoms with Crippen molar-refractivity contribution in [1.82, 2.24) is 15.1 Å². The SMILES string of the molecule is C[C@H](c1ccco1)N(C(=O)NC[C@@H](C)N1CCOC[C@@H]1C)C1CC1. The van der Waals surface area contributed by atoms with Gasteiger partial charge in [-0.05, 0) is 45.7 Å². The zero-order valence-corrected chi connectivity index (χ0v) is 14.9. The zero-order valence-electron chi connectivity index (χ0n) is 14.9. The van der Waals surface area contributed by atoms with E-state index in [9.17, 15) is 4.79 Å². The maximum atomic E-state index is 12.8. The van der Waals surface area contributed by atoms with Gasteiger partial charge in [0.2, 0.25) is 0 Å². The van der Waals surface area contributed by atoms with Gasteiger partial charge in [0.05, 0.1) is 25.5 Å². The molecule has 2 aliphatic rings. The molecule has 1 aromatic rings. The summed E-state index contributed by atoms with van der Waals surface area (Å²) in [5.74, 6) is 0.840. The quantitative estimate of drug-likeness (QED) is 0.868. The highest BCUT2D eigenvalue weighted by molar-refractivity contribution is 5.75. The molecule has 2 fully saturated rings. The van der Waals surface area contributed by atoms with Gasteiger partial charge < -0.3 is 19.4 Å². The highest BCUT2D eigenvalue weighted by Gasteiger charge is 2.37. The highest BCUT2D eigenvalue weighted by Crippen LogP contribution is 2.34. The van der Waals surface area contributed by atoms with Crippen LogP contribution in [0.3, 0.4) is 0 Å². The van der Waals surface area contributed by atoms with E-state index in [0.717, 1.165) is 38.4 Å². The number of carbonyl (C=O) groups is 1. The predicted molar refractivity (Wildman–Crippen MR) is 91.8 cm³/mol. The van der Waals surface area contributed by atoms with E-state index in [0.29, 0.717) is 24.7 Å². The molecule has 2 heterocycles. The molecule has 6 nitrogen and oxygen atoms in total. The summed E-state index contributed by atoms with van der Waals surface area (Å²) in [7, 11) is 0. The van der Waals surface area contributed by atoms with Crippen molar-refractivity contribution in [3.63, 3.8) is 0 Å². The van der Waals surface area contributed by atoms with Gasteiger partial charge in [-0.2, -0.15) is 0 Å². The van der Waals surface area contributed by atoms with Crippen molar-refractivity contribution in [2.75, 3.05) is 26.3 Å². The van der Waals surface area contributed by atoms with Crippen molar-refractivity contribution in [3.8, 4) is 0 Å². The Balaban J connectivity index is 1.56. The molecule has 0 aromatic carbocycles. The number of carbonyl (C=O) groups excluding carboxylic acids is 1. The second-order valence-electron chi connectivity index (χ2n) is 7.03. The first-order valence-electron chi connectivity index (χ1n) is 9.01. The van der Waals surface area contributed by atoms with E-state index in [1.165, 1.54) is 0 Å². The monoisotopic (exact) mass is 335 g/mol. The third-order valence-corrected chi connectivity index (χ3v) is 5.08. The van der Waals surface area contributed by atoms with E-state index >= 15 is 0 Å². The van der Waals surface area contributed by atoms with Crippen LogP contribution in [0.1, 0.15) is 45.4 Å². The largest absolute Gasteiger partial charge is 0.467 e. The molecular weight excluding hydrogens is 306 g/mol. The molecule has 0 radical (unpaired) electrons. The average molecular weight is 335 g/mol. The van der Waals surface area contributed by atoms with Crippen LogP contribution in [0, 0.1) is 0 Å². The summed E-state index contributed by atoms with van der Waals surface area (Å²) in [4.78, 5) is 17.1. The molecule has 0 spiro atoms. The molecule has 2 amide bonds. The lowest BCUT2D eigenvalue weighted by molar-refractivity contribution is -0.0178. The summed E-state index contributed by atoms with van der Waals surface area (Å²) in [6.07, 6.45) is 3.82. The van der Waals surface area contributed by atoms with E-state index in [-0.39, 0.29) is 12.1 Å². The number of furan rings is 1. The molecule has 0 bridgehead atoms. The van der Waals surface area contributed by atoms with Crippen LogP contribution in [0.25, 0.3) is 0 Å². The Morgan fingerprint density at radius 3 is 2.88 bits per heavy atom. The molecule has 1 saturated heterocycles. The summed E-state index contributed by atoms with van der Waals surface area (Å²) >= 11 is 0. The number of nitrogens with zero attached hydrogens (tertiary/aromatic N) is 2. The molecule has 0 unspecified atom stereocenters. The van der Waals surface area contributed by atoms with Gasteiger partial charge in [0.15, 0.2) is 0 Å². The molecule has 24 heavy (non-hydrogen) atoms. The van der Waals surface area contributed by atoms with E-state index in [2.05, 4.69) is 24.1 Å². The van der Waals surface area contributed by atoms with E-state index in [1.807, 2.05) is 24.0 Å². The van der Waals surface area contributed by atoms with Crippen molar-refractivity contribution in [2.24, 2.45) is 0 Å². The molecule has 1 N–H and O–H groups in total. The van der Waals surface area contributed by atoms with Crippen molar-refractivity contribution in [2.45, 2.75) is 57.8 Å². The fraction of sp³-hybridized carbons (Fsp3) is 0.722. The van der Waals surface area contributed by atoms with Crippen LogP contribution in [-0.4, -0.2) is 60.3 Å². The molecule has 1 saturated carbocycles. The van der Waals surface area contributed by atoms with Gasteiger partial charge in [0.1, 0.15) is 5.76 Å². The molecule has 3 atom stereocenters. The number of urea groups is 1. The number of hydrogen-bond acceptors (Lipinski definition) is 4. The fourth-order valence-electron chi connectivity index (χ4n) is 3.52. The minimum atomic E-state index is -0.0369. The van der Waals surface area contributed by atoms with E-state index < -0.39 is 0 Å². The van der Waals surface area contributed by atoms with E-state index in [4.69, 9.17) is 9.15 Å². The lowest BCUT2D eigenvalue weighted by Crippen LogP contribution is -2.53. The van der Waals surface area contributed by atoms with Crippen LogP contribution >= 0.6 is 0 Å². The topological polar surface area (TPSA) is 58.0 Å². The first kappa shape index (κ1) is 17.3. The van der Waals surface area contributed by atoms with Crippen LogP contribution in [0.5, 0.6) is 0 Å². The Labute approximate surface area is 144 Å². The summed E-state index contributed by atoms with van der Waals surface area (Å²) in [6, 6.07) is 4.81. The van der Waals surface area contributed by atoms with Crippen molar-refractivity contribution in [3.05, 3.63) is 24.2 Å². The van der Waals surface area contributed by atoms with Crippen LogP contribution in [0.15, 0.2) is 22.8 Å². The van der Waals surface area contributed by atoms with Gasteiger partial charge in [0.25, 0.3) is 0 Å². The number of morpholine rings is 1. The normalized spacial score (nSPS) is 24.4. The van der Waals surface area contributed by atoms with Gasteiger partial charge in [-0.1, -0.05) is 0 Å². The number of ether oxygens (including phenoxy) is 1. The molecule has 6 heteroatoms. The smallest absolute Gasteiger partial charge is 0.318 e. The first-order valence-corrected chi connectivity index (χ1v) is 9.01. The molecular formula is C18H29N3O3. The Hall–Kier alpha value is -1.53. The highest BCUT2D eigenvalue weighted by atomic mass is 16.5. The van der Waals surface area contributed by atoms with Crippen LogP contribution in [0.4, 0.5) is 4.79 Å². The minimum Gasteiger partial charge on any atom is -0.467 e. The Bertz CT molecular complexity index is 530. The van der Waals surface area contributed by atoms with Crippen molar-refractivity contribution < 1.29 is 13.9 Å². The average Bonchev–Trinajstić information content (AvgIpc) is 3.24. The van der Waals surface area contributed by atoms with Gasteiger partial charge in [-0.25, -0.2) is 4.79 Å². The van der Waals surface area contributed by atoms with Gasteiger partial charge in [-0.15, -0.1) is 0 Å². The molecule has 1 aliphatic heterocycles. The van der Waals surface area contributed by atoms with Gasteiger partial charge >= 0.3 is 6.03 Å². The van der Waals surface area contributed by atoms with Crippen molar-refractivity contribution in [1.29, 1.82) is 0 Å². The molecule has 3 rings (SSSR count). The second kappa shape index (κ2) is 7.57. The maximum Gasteiger partial charge on any atom is 0.318 e. The van der Waals surface area contributed by atoms with Crippen LogP contribution < -0.4 is 5.32 Å². The minimum absolute atomic E-state index is 0.00848. The summed E-state index contributed by atoms with van der Waals surface area (Å²) < 4.78 is 11.0. The van der Waals surface area contributed by atoms with Gasteiger partial charge in [0, 0.05) is 31.2 Å². The third kappa shape index (κ3) is 3.92. The third-order valence-electron chi connectivity index (χ3n) is 5.08. The number of amides is 2. The number of nitrogens with one attached hydrogen (secondary N) is 1. The van der Waals surface area contributed by atoms with Gasteiger partial charge in [-0.3, -0.25) is 4.90 Å². The first-order chi connectivity index (χ1) is 11.6. The molecule has 1 aromatic heterocycles. The fourth-order valence-corrected chi connectivity index (χ4v) is 3.52. The summed E-state index contributed by atoms with van der Waals surface area (Å²) in [6.45, 7) is 9.48. The molecule has 134 valence electrons. The predicted octanol–water partition coefficient (Wildman–Crippen LogP) is 2.62. The summed E-state index contributed by atoms with van der Waals surface area (Å²) in [5.41, 5.74) is 0. The Morgan fingerprint density at radius 1 is 1.46 bits per heavy atom. The number of hydrogen-bond donors (Lipinski definition) is 1. The maximum absolute atomic E-state index is 12.8. The lowest BCUT2D eigenvalue weighted by Gasteiger charge is -2.38.